The molecular formula is C12H17NO3S. The maximum absolute atomic E-state index is 11.4. The molecule has 1 heterocycles. The van der Waals surface area contributed by atoms with E-state index in [2.05, 4.69) is 18.3 Å². The van der Waals surface area contributed by atoms with E-state index in [1.165, 1.54) is 4.88 Å². The number of amides is 1. The normalized spacial score (nSPS) is 10.2. The minimum absolute atomic E-state index is 0.0480. The molecule has 0 saturated heterocycles. The molecule has 0 bridgehead atoms. The second-order valence-electron chi connectivity index (χ2n) is 3.75. The summed E-state index contributed by atoms with van der Waals surface area (Å²) in [6.45, 7) is 2.64. The molecule has 17 heavy (non-hydrogen) atoms. The van der Waals surface area contributed by atoms with Crippen molar-refractivity contribution in [1.29, 1.82) is 0 Å². The molecule has 0 spiro atoms. The van der Waals surface area contributed by atoms with Gasteiger partial charge in [-0.2, -0.15) is 0 Å². The van der Waals surface area contributed by atoms with Crippen LogP contribution in [0, 0.1) is 0 Å². The number of nitrogens with one attached hydrogen (secondary N) is 1. The molecule has 1 aromatic heterocycles. The average molecular weight is 255 g/mol. The fourth-order valence-corrected chi connectivity index (χ4v) is 2.28. The summed E-state index contributed by atoms with van der Waals surface area (Å²) in [5, 5.41) is 11.2. The Morgan fingerprint density at radius 2 is 2.00 bits per heavy atom. The molecule has 0 atom stereocenters. The van der Waals surface area contributed by atoms with E-state index in [0.717, 1.165) is 11.3 Å². The van der Waals surface area contributed by atoms with Crippen molar-refractivity contribution in [3.63, 3.8) is 0 Å². The van der Waals surface area contributed by atoms with Crippen molar-refractivity contribution in [2.45, 2.75) is 39.2 Å². The summed E-state index contributed by atoms with van der Waals surface area (Å²) < 4.78 is 0. The summed E-state index contributed by atoms with van der Waals surface area (Å²) in [7, 11) is 0. The third kappa shape index (κ3) is 5.49. The first-order chi connectivity index (χ1) is 8.11. The van der Waals surface area contributed by atoms with Crippen LogP contribution in [0.3, 0.4) is 0 Å². The molecule has 0 radical (unpaired) electrons. The van der Waals surface area contributed by atoms with Crippen molar-refractivity contribution in [3.8, 4) is 0 Å². The summed E-state index contributed by atoms with van der Waals surface area (Å²) in [5.74, 6) is -0.943. The number of carbonyl (C=O) groups excluding carboxylic acids is 1. The number of hydrogen-bond acceptors (Lipinski definition) is 3. The van der Waals surface area contributed by atoms with Gasteiger partial charge in [-0.25, -0.2) is 0 Å². The van der Waals surface area contributed by atoms with Crippen LogP contribution in [0.1, 0.15) is 35.9 Å². The lowest BCUT2D eigenvalue weighted by Crippen LogP contribution is -2.22. The predicted molar refractivity (Wildman–Crippen MR) is 67.0 cm³/mol. The largest absolute Gasteiger partial charge is 0.481 e. The van der Waals surface area contributed by atoms with Crippen molar-refractivity contribution >= 4 is 23.2 Å². The molecule has 0 unspecified atom stereocenters. The summed E-state index contributed by atoms with van der Waals surface area (Å²) >= 11 is 1.69. The Morgan fingerprint density at radius 3 is 2.59 bits per heavy atom. The van der Waals surface area contributed by atoms with Crippen LogP contribution < -0.4 is 5.32 Å². The minimum Gasteiger partial charge on any atom is -0.481 e. The third-order valence-electron chi connectivity index (χ3n) is 2.32. The van der Waals surface area contributed by atoms with E-state index < -0.39 is 5.97 Å². The van der Waals surface area contributed by atoms with Gasteiger partial charge in [0, 0.05) is 22.6 Å². The Morgan fingerprint density at radius 1 is 1.29 bits per heavy atom. The molecule has 5 heteroatoms. The fourth-order valence-electron chi connectivity index (χ4n) is 1.38. The SMILES string of the molecule is CCc1ccc(CNC(=O)CCCC(=O)O)s1. The third-order valence-corrected chi connectivity index (χ3v) is 3.55. The van der Waals surface area contributed by atoms with Crippen LogP contribution in [0.25, 0.3) is 0 Å². The first-order valence-electron chi connectivity index (χ1n) is 5.68. The molecule has 94 valence electrons. The Hall–Kier alpha value is -1.36. The molecule has 0 aliphatic rings. The number of aryl methyl sites for hydroxylation is 1. The van der Waals surface area contributed by atoms with Crippen molar-refractivity contribution < 1.29 is 14.7 Å². The highest BCUT2D eigenvalue weighted by Gasteiger charge is 2.04. The molecule has 0 fully saturated rings. The summed E-state index contributed by atoms with van der Waals surface area (Å²) in [6.07, 6.45) is 1.73. The molecule has 0 aliphatic heterocycles. The van der Waals surface area contributed by atoms with Crippen LogP contribution in [0.2, 0.25) is 0 Å². The number of hydrogen-bond donors (Lipinski definition) is 2. The van der Waals surface area contributed by atoms with Gasteiger partial charge in [0.1, 0.15) is 0 Å². The van der Waals surface area contributed by atoms with Gasteiger partial charge in [0.2, 0.25) is 5.91 Å². The van der Waals surface area contributed by atoms with Gasteiger partial charge in [-0.05, 0) is 25.0 Å². The lowest BCUT2D eigenvalue weighted by molar-refractivity contribution is -0.137. The van der Waals surface area contributed by atoms with E-state index in [4.69, 9.17) is 5.11 Å². The quantitative estimate of drug-likeness (QED) is 0.784. The fraction of sp³-hybridized carbons (Fsp3) is 0.500. The highest BCUT2D eigenvalue weighted by molar-refractivity contribution is 7.11. The lowest BCUT2D eigenvalue weighted by atomic mass is 10.2. The minimum atomic E-state index is -0.858. The van der Waals surface area contributed by atoms with E-state index in [-0.39, 0.29) is 18.7 Å². The number of thiophene rings is 1. The van der Waals surface area contributed by atoms with E-state index in [1.54, 1.807) is 11.3 Å². The standard InChI is InChI=1S/C12H17NO3S/c1-2-9-6-7-10(17-9)8-13-11(14)4-3-5-12(15)16/h6-7H,2-5,8H2,1H3,(H,13,14)(H,15,16). The number of carboxylic acid groups (broad SMARTS) is 1. The zero-order valence-electron chi connectivity index (χ0n) is 9.86. The predicted octanol–water partition coefficient (Wildman–Crippen LogP) is 2.18. The summed E-state index contributed by atoms with van der Waals surface area (Å²) in [6, 6.07) is 4.08. The molecule has 0 aromatic carbocycles. The van der Waals surface area contributed by atoms with Gasteiger partial charge in [-0.1, -0.05) is 6.92 Å². The average Bonchev–Trinajstić information content (AvgIpc) is 2.73. The molecule has 2 N–H and O–H groups in total. The van der Waals surface area contributed by atoms with Gasteiger partial charge < -0.3 is 10.4 Å². The van der Waals surface area contributed by atoms with Crippen molar-refractivity contribution in [2.24, 2.45) is 0 Å². The van der Waals surface area contributed by atoms with Crippen molar-refractivity contribution in [1.82, 2.24) is 5.32 Å². The Labute approximate surface area is 105 Å². The molecule has 0 aliphatic carbocycles. The number of carboxylic acids is 1. The van der Waals surface area contributed by atoms with Crippen molar-refractivity contribution in [3.05, 3.63) is 21.9 Å². The van der Waals surface area contributed by atoms with Gasteiger partial charge in [0.05, 0.1) is 6.54 Å². The molecule has 1 rings (SSSR count). The van der Waals surface area contributed by atoms with E-state index in [0.29, 0.717) is 13.0 Å². The zero-order valence-corrected chi connectivity index (χ0v) is 10.7. The maximum Gasteiger partial charge on any atom is 0.303 e. The molecular weight excluding hydrogens is 238 g/mol. The van der Waals surface area contributed by atoms with E-state index >= 15 is 0 Å². The van der Waals surface area contributed by atoms with Crippen LogP contribution in [0.5, 0.6) is 0 Å². The van der Waals surface area contributed by atoms with Crippen LogP contribution in [-0.4, -0.2) is 17.0 Å². The van der Waals surface area contributed by atoms with Crippen LogP contribution in [0.4, 0.5) is 0 Å². The Balaban J connectivity index is 2.21. The Kier molecular flexibility index (Phi) is 5.69. The smallest absolute Gasteiger partial charge is 0.303 e. The monoisotopic (exact) mass is 255 g/mol. The summed E-state index contributed by atoms with van der Waals surface area (Å²) in [5.41, 5.74) is 0. The van der Waals surface area contributed by atoms with E-state index in [1.807, 2.05) is 6.07 Å². The summed E-state index contributed by atoms with van der Waals surface area (Å²) in [4.78, 5) is 24.1. The van der Waals surface area contributed by atoms with Gasteiger partial charge in [-0.3, -0.25) is 9.59 Å². The van der Waals surface area contributed by atoms with Gasteiger partial charge >= 0.3 is 5.97 Å². The van der Waals surface area contributed by atoms with Gasteiger partial charge in [-0.15, -0.1) is 11.3 Å². The first-order valence-corrected chi connectivity index (χ1v) is 6.49. The van der Waals surface area contributed by atoms with Gasteiger partial charge in [0.25, 0.3) is 0 Å². The highest BCUT2D eigenvalue weighted by Crippen LogP contribution is 2.16. The second kappa shape index (κ2) is 7.06. The van der Waals surface area contributed by atoms with E-state index in [9.17, 15) is 9.59 Å². The number of rotatable bonds is 7. The topological polar surface area (TPSA) is 66.4 Å². The molecule has 0 saturated carbocycles. The first kappa shape index (κ1) is 13.7. The number of aliphatic carboxylic acids is 1. The second-order valence-corrected chi connectivity index (χ2v) is 5.00. The van der Waals surface area contributed by atoms with Gasteiger partial charge in [0.15, 0.2) is 0 Å². The lowest BCUT2D eigenvalue weighted by Gasteiger charge is -2.02. The van der Waals surface area contributed by atoms with Crippen molar-refractivity contribution in [2.75, 3.05) is 0 Å². The highest BCUT2D eigenvalue weighted by atomic mass is 32.1. The maximum atomic E-state index is 11.4. The molecule has 1 amide bonds. The van der Waals surface area contributed by atoms with Crippen LogP contribution in [-0.2, 0) is 22.6 Å². The van der Waals surface area contributed by atoms with Crippen LogP contribution in [0.15, 0.2) is 12.1 Å². The Bertz CT molecular complexity index is 387. The zero-order chi connectivity index (χ0) is 12.7. The van der Waals surface area contributed by atoms with Crippen LogP contribution >= 0.6 is 11.3 Å². The molecule has 4 nitrogen and oxygen atoms in total. The molecule has 1 aromatic rings. The number of carbonyl (C=O) groups is 2.